The topological polar surface area (TPSA) is 12.0 Å². The molecule has 112 valence electrons. The van der Waals surface area contributed by atoms with E-state index in [1.807, 2.05) is 31.2 Å². The van der Waals surface area contributed by atoms with E-state index >= 15 is 0 Å². The van der Waals surface area contributed by atoms with Crippen LogP contribution < -0.4 is 5.32 Å². The van der Waals surface area contributed by atoms with Crippen molar-refractivity contribution in [3.8, 4) is 0 Å². The molecule has 2 aromatic carbocycles. The Bertz CT molecular complexity index is 610. The molecular formula is C17H18ClFIN. The summed E-state index contributed by atoms with van der Waals surface area (Å²) in [4.78, 5) is 0. The van der Waals surface area contributed by atoms with Crippen LogP contribution in [0.1, 0.15) is 36.1 Å². The van der Waals surface area contributed by atoms with Gasteiger partial charge in [0, 0.05) is 8.59 Å². The summed E-state index contributed by atoms with van der Waals surface area (Å²) in [7, 11) is 0. The molecule has 1 unspecified atom stereocenters. The summed E-state index contributed by atoms with van der Waals surface area (Å²) in [6.07, 6.45) is 1.02. The van der Waals surface area contributed by atoms with Crippen molar-refractivity contribution in [3.05, 3.63) is 67.5 Å². The molecule has 0 fully saturated rings. The van der Waals surface area contributed by atoms with Crippen molar-refractivity contribution in [3.63, 3.8) is 0 Å². The fraction of sp³-hybridized carbons (Fsp3) is 0.294. The maximum atomic E-state index is 13.8. The minimum atomic E-state index is -0.203. The Labute approximate surface area is 144 Å². The molecule has 2 rings (SSSR count). The van der Waals surface area contributed by atoms with E-state index in [4.69, 9.17) is 11.6 Å². The monoisotopic (exact) mass is 417 g/mol. The van der Waals surface area contributed by atoms with Crippen LogP contribution in [-0.4, -0.2) is 6.54 Å². The normalized spacial score (nSPS) is 12.4. The highest BCUT2D eigenvalue weighted by Crippen LogP contribution is 2.29. The molecule has 1 atom stereocenters. The van der Waals surface area contributed by atoms with Crippen LogP contribution in [0.3, 0.4) is 0 Å². The van der Waals surface area contributed by atoms with Gasteiger partial charge in [-0.2, -0.15) is 0 Å². The third kappa shape index (κ3) is 4.41. The summed E-state index contributed by atoms with van der Waals surface area (Å²) < 4.78 is 14.9. The van der Waals surface area contributed by atoms with E-state index < -0.39 is 0 Å². The first-order valence-electron chi connectivity index (χ1n) is 6.96. The van der Waals surface area contributed by atoms with Crippen molar-refractivity contribution >= 4 is 34.2 Å². The van der Waals surface area contributed by atoms with Gasteiger partial charge < -0.3 is 5.32 Å². The van der Waals surface area contributed by atoms with Crippen LogP contribution in [0.25, 0.3) is 0 Å². The summed E-state index contributed by atoms with van der Waals surface area (Å²) in [5.74, 6) is -0.203. The fourth-order valence-electron chi connectivity index (χ4n) is 2.36. The molecule has 0 radical (unpaired) electrons. The van der Waals surface area contributed by atoms with Crippen LogP contribution in [0.2, 0.25) is 5.02 Å². The first kappa shape index (κ1) is 16.7. The molecule has 2 aromatic rings. The molecule has 0 aromatic heterocycles. The quantitative estimate of drug-likeness (QED) is 0.635. The first-order chi connectivity index (χ1) is 10.0. The van der Waals surface area contributed by atoms with Crippen molar-refractivity contribution < 1.29 is 4.39 Å². The largest absolute Gasteiger partial charge is 0.306 e. The Kier molecular flexibility index (Phi) is 6.02. The summed E-state index contributed by atoms with van der Waals surface area (Å²) in [5, 5.41) is 4.19. The molecular weight excluding hydrogens is 400 g/mol. The summed E-state index contributed by atoms with van der Waals surface area (Å²) >= 11 is 8.44. The van der Waals surface area contributed by atoms with Crippen molar-refractivity contribution in [1.82, 2.24) is 5.32 Å². The lowest BCUT2D eigenvalue weighted by molar-refractivity contribution is 0.583. The number of hydrogen-bond donors (Lipinski definition) is 1. The Morgan fingerprint density at radius 2 is 2.00 bits per heavy atom. The molecule has 4 heteroatoms. The van der Waals surface area contributed by atoms with Gasteiger partial charge in [-0.15, -0.1) is 0 Å². The lowest BCUT2D eigenvalue weighted by Crippen LogP contribution is -2.24. The molecule has 0 spiro atoms. The van der Waals surface area contributed by atoms with Crippen LogP contribution in [0.15, 0.2) is 36.4 Å². The van der Waals surface area contributed by atoms with Gasteiger partial charge in [-0.25, -0.2) is 4.39 Å². The molecule has 0 saturated heterocycles. The van der Waals surface area contributed by atoms with Crippen molar-refractivity contribution in [2.75, 3.05) is 6.54 Å². The number of halogens is 3. The SMILES string of the molecule is CCCNC(c1cc(C)cc(F)c1)c1cc(Cl)ccc1I. The van der Waals surface area contributed by atoms with Crippen LogP contribution in [-0.2, 0) is 0 Å². The van der Waals surface area contributed by atoms with E-state index in [1.54, 1.807) is 12.1 Å². The smallest absolute Gasteiger partial charge is 0.123 e. The first-order valence-corrected chi connectivity index (χ1v) is 8.42. The molecule has 0 aliphatic heterocycles. The molecule has 21 heavy (non-hydrogen) atoms. The predicted molar refractivity (Wildman–Crippen MR) is 95.4 cm³/mol. The van der Waals surface area contributed by atoms with Gasteiger partial charge in [0.2, 0.25) is 0 Å². The molecule has 0 bridgehead atoms. The van der Waals surface area contributed by atoms with E-state index in [-0.39, 0.29) is 11.9 Å². The van der Waals surface area contributed by atoms with Crippen molar-refractivity contribution in [2.45, 2.75) is 26.3 Å². The molecule has 0 amide bonds. The van der Waals surface area contributed by atoms with E-state index in [0.717, 1.165) is 33.2 Å². The highest BCUT2D eigenvalue weighted by Gasteiger charge is 2.17. The average molecular weight is 418 g/mol. The lowest BCUT2D eigenvalue weighted by Gasteiger charge is -2.22. The van der Waals surface area contributed by atoms with Gasteiger partial charge in [0.25, 0.3) is 0 Å². The predicted octanol–water partition coefficient (Wildman–Crippen LogP) is 5.48. The van der Waals surface area contributed by atoms with Crippen molar-refractivity contribution in [1.29, 1.82) is 0 Å². The molecule has 0 aliphatic carbocycles. The van der Waals surface area contributed by atoms with Gasteiger partial charge in [0.1, 0.15) is 5.82 Å². The second kappa shape index (κ2) is 7.56. The van der Waals surface area contributed by atoms with E-state index in [1.165, 1.54) is 0 Å². The minimum Gasteiger partial charge on any atom is -0.306 e. The zero-order valence-corrected chi connectivity index (χ0v) is 15.0. The van der Waals surface area contributed by atoms with Gasteiger partial charge in [-0.3, -0.25) is 0 Å². The highest BCUT2D eigenvalue weighted by atomic mass is 127. The standard InChI is InChI=1S/C17H18ClFIN/c1-3-6-21-17(12-7-11(2)8-14(19)9-12)15-10-13(18)4-5-16(15)20/h4-5,7-10,17,21H,3,6H2,1-2H3. The summed E-state index contributed by atoms with van der Waals surface area (Å²) in [6, 6.07) is 10.9. The van der Waals surface area contributed by atoms with E-state index in [0.29, 0.717) is 5.02 Å². The van der Waals surface area contributed by atoms with Crippen LogP contribution in [0, 0.1) is 16.3 Å². The van der Waals surface area contributed by atoms with Gasteiger partial charge in [0.15, 0.2) is 0 Å². The second-order valence-electron chi connectivity index (χ2n) is 5.11. The maximum Gasteiger partial charge on any atom is 0.123 e. The van der Waals surface area contributed by atoms with Crippen LogP contribution in [0.5, 0.6) is 0 Å². The number of hydrogen-bond acceptors (Lipinski definition) is 1. The fourth-order valence-corrected chi connectivity index (χ4v) is 3.19. The van der Waals surface area contributed by atoms with Gasteiger partial charge >= 0.3 is 0 Å². The van der Waals surface area contributed by atoms with Gasteiger partial charge in [-0.1, -0.05) is 24.6 Å². The highest BCUT2D eigenvalue weighted by molar-refractivity contribution is 14.1. The average Bonchev–Trinajstić information content (AvgIpc) is 2.42. The minimum absolute atomic E-state index is 0.0510. The Morgan fingerprint density at radius 3 is 2.67 bits per heavy atom. The van der Waals surface area contributed by atoms with Crippen molar-refractivity contribution in [2.24, 2.45) is 0 Å². The molecule has 0 heterocycles. The number of aryl methyl sites for hydroxylation is 1. The zero-order valence-electron chi connectivity index (χ0n) is 12.1. The molecule has 1 N–H and O–H groups in total. The second-order valence-corrected chi connectivity index (χ2v) is 6.71. The lowest BCUT2D eigenvalue weighted by atomic mass is 9.97. The number of nitrogens with one attached hydrogen (secondary N) is 1. The zero-order chi connectivity index (χ0) is 15.4. The molecule has 0 saturated carbocycles. The van der Waals surface area contributed by atoms with E-state index in [9.17, 15) is 4.39 Å². The summed E-state index contributed by atoms with van der Waals surface area (Å²) in [6.45, 7) is 4.89. The Balaban J connectivity index is 2.49. The molecule has 0 aliphatic rings. The Hall–Kier alpha value is -0.650. The van der Waals surface area contributed by atoms with Crippen LogP contribution in [0.4, 0.5) is 4.39 Å². The third-order valence-electron chi connectivity index (χ3n) is 3.27. The van der Waals surface area contributed by atoms with Crippen LogP contribution >= 0.6 is 34.2 Å². The van der Waals surface area contributed by atoms with E-state index in [2.05, 4.69) is 34.8 Å². The van der Waals surface area contributed by atoms with Gasteiger partial charge in [-0.05, 0) is 89.5 Å². The number of benzene rings is 2. The molecule has 1 nitrogen and oxygen atoms in total. The van der Waals surface area contributed by atoms with Gasteiger partial charge in [0.05, 0.1) is 6.04 Å². The number of rotatable bonds is 5. The summed E-state index contributed by atoms with van der Waals surface area (Å²) in [5.41, 5.74) is 2.94. The maximum absolute atomic E-state index is 13.8. The third-order valence-corrected chi connectivity index (χ3v) is 4.48. The Morgan fingerprint density at radius 1 is 1.24 bits per heavy atom.